The second-order valence-corrected chi connectivity index (χ2v) is 7.89. The highest BCUT2D eigenvalue weighted by Gasteiger charge is 2.21. The van der Waals surface area contributed by atoms with E-state index in [0.717, 1.165) is 23.0 Å². The highest BCUT2D eigenvalue weighted by Crippen LogP contribution is 2.31. The standard InChI is InChI=1S/2C10H13N3O2.H2O4S/c2*11-10(12)13-5-7-6-14-8-3-1-2-4-9(8)15-7;1-5(2,3)4/h2*1-4,7H,5-6H2,(H4,11,12,13);(H2,1,2,3,4). The molecule has 15 heteroatoms. The van der Waals surface area contributed by atoms with Gasteiger partial charge in [0.2, 0.25) is 0 Å². The summed E-state index contributed by atoms with van der Waals surface area (Å²) in [6.45, 7) is 2.07. The zero-order chi connectivity index (χ0) is 25.8. The molecule has 0 aromatic heterocycles. The number of rotatable bonds is 4. The first-order valence-corrected chi connectivity index (χ1v) is 11.5. The van der Waals surface area contributed by atoms with Crippen molar-refractivity contribution >= 4 is 22.3 Å². The van der Waals surface area contributed by atoms with Gasteiger partial charge in [0.1, 0.15) is 26.3 Å². The van der Waals surface area contributed by atoms with E-state index in [-0.39, 0.29) is 24.1 Å². The highest BCUT2D eigenvalue weighted by atomic mass is 32.3. The zero-order valence-corrected chi connectivity index (χ0v) is 19.4. The van der Waals surface area contributed by atoms with Crippen LogP contribution in [0.2, 0.25) is 0 Å². The summed E-state index contributed by atoms with van der Waals surface area (Å²) in [5, 5.41) is 0. The van der Waals surface area contributed by atoms with Crippen molar-refractivity contribution in [2.24, 2.45) is 22.9 Å². The molecule has 0 fully saturated rings. The molecule has 0 saturated heterocycles. The second-order valence-electron chi connectivity index (χ2n) is 7.08. The van der Waals surface area contributed by atoms with Gasteiger partial charge in [-0.25, -0.2) is 0 Å². The fraction of sp³-hybridized carbons (Fsp3) is 0.300. The van der Waals surface area contributed by atoms with Crippen molar-refractivity contribution in [3.8, 4) is 23.0 Å². The third-order valence-corrected chi connectivity index (χ3v) is 4.20. The van der Waals surface area contributed by atoms with Gasteiger partial charge in [-0.15, -0.1) is 0 Å². The van der Waals surface area contributed by atoms with E-state index in [1.54, 1.807) is 0 Å². The van der Waals surface area contributed by atoms with Gasteiger partial charge in [0.15, 0.2) is 35.2 Å². The minimum atomic E-state index is -5.17. The summed E-state index contributed by atoms with van der Waals surface area (Å²) < 4.78 is 56.4. The van der Waals surface area contributed by atoms with Gasteiger partial charge in [0.25, 0.3) is 0 Å². The van der Waals surface area contributed by atoms with Gasteiger partial charge in [-0.05, 0) is 24.3 Å². The van der Waals surface area contributed by atoms with Crippen molar-refractivity contribution in [1.29, 1.82) is 0 Å². The number of nitrogens with one attached hydrogen (secondary N) is 2. The summed E-state index contributed by atoms with van der Waals surface area (Å²) in [4.78, 5) is 5.63. The minimum Gasteiger partial charge on any atom is -0.759 e. The van der Waals surface area contributed by atoms with Gasteiger partial charge in [0.05, 0.1) is 0 Å². The maximum absolute atomic E-state index is 8.52. The Balaban J connectivity index is 0.000000208. The molecule has 2 aliphatic rings. The Bertz CT molecular complexity index is 1040. The largest absolute Gasteiger partial charge is 0.759 e. The molecule has 2 aromatic carbocycles. The third kappa shape index (κ3) is 11.1. The summed E-state index contributed by atoms with van der Waals surface area (Å²) >= 11 is 0. The van der Waals surface area contributed by atoms with Crippen LogP contribution < -0.4 is 51.9 Å². The van der Waals surface area contributed by atoms with Gasteiger partial charge < -0.3 is 28.1 Å². The highest BCUT2D eigenvalue weighted by molar-refractivity contribution is 7.79. The molecule has 0 saturated carbocycles. The van der Waals surface area contributed by atoms with Crippen LogP contribution in [0.3, 0.4) is 0 Å². The lowest BCUT2D eigenvalue weighted by Crippen LogP contribution is -2.81. The Morgan fingerprint density at radius 3 is 1.37 bits per heavy atom. The van der Waals surface area contributed by atoms with E-state index in [1.165, 1.54) is 0 Å². The number of hydrogen-bond donors (Lipinski definition) is 6. The topological polar surface area (TPSA) is 249 Å². The Hall–Kier alpha value is -3.95. The first kappa shape index (κ1) is 27.3. The smallest absolute Gasteiger partial charge is 0.338 e. The molecule has 0 amide bonds. The first-order valence-electron chi connectivity index (χ1n) is 10.2. The molecule has 2 atom stereocenters. The zero-order valence-electron chi connectivity index (χ0n) is 18.6. The summed E-state index contributed by atoms with van der Waals surface area (Å²) in [5.74, 6) is 3.45. The van der Waals surface area contributed by atoms with Crippen LogP contribution in [-0.2, 0) is 10.4 Å². The van der Waals surface area contributed by atoms with E-state index >= 15 is 0 Å². The average Bonchev–Trinajstić information content (AvgIpc) is 2.80. The molecule has 35 heavy (non-hydrogen) atoms. The van der Waals surface area contributed by atoms with Crippen molar-refractivity contribution in [2.45, 2.75) is 12.2 Å². The third-order valence-electron chi connectivity index (χ3n) is 4.20. The van der Waals surface area contributed by atoms with Gasteiger partial charge in [-0.3, -0.25) is 41.3 Å². The summed E-state index contributed by atoms with van der Waals surface area (Å²) in [6, 6.07) is 15.1. The normalized spacial score (nSPS) is 17.3. The van der Waals surface area contributed by atoms with Crippen LogP contribution in [0.5, 0.6) is 23.0 Å². The number of hydrogen-bond acceptors (Lipinski definition) is 8. The molecule has 14 nitrogen and oxygen atoms in total. The van der Waals surface area contributed by atoms with Crippen molar-refractivity contribution in [3.63, 3.8) is 0 Å². The molecule has 0 radical (unpaired) electrons. The van der Waals surface area contributed by atoms with E-state index in [2.05, 4.69) is 9.98 Å². The van der Waals surface area contributed by atoms with Crippen molar-refractivity contribution in [3.05, 3.63) is 48.5 Å². The minimum absolute atomic E-state index is 0.0676. The van der Waals surface area contributed by atoms with Crippen LogP contribution in [0, 0.1) is 0 Å². The van der Waals surface area contributed by atoms with Gasteiger partial charge in [-0.1, -0.05) is 24.3 Å². The fourth-order valence-corrected chi connectivity index (χ4v) is 2.79. The van der Waals surface area contributed by atoms with E-state index in [9.17, 15) is 0 Å². The van der Waals surface area contributed by atoms with Gasteiger partial charge in [-0.2, -0.15) is 0 Å². The number of nitrogens with two attached hydrogens (primary N) is 4. The van der Waals surface area contributed by atoms with Crippen LogP contribution in [0.1, 0.15) is 0 Å². The average molecular weight is 513 g/mol. The number of fused-ring (bicyclic) bond motifs is 2. The SMILES string of the molecule is NC(N)=[NH+]CC1COc2ccccc2O1.NC(N)=[NH+]CC1COc2ccccc2O1.O=S(=O)([O-])[O-]. The number of benzene rings is 2. The molecule has 2 aliphatic heterocycles. The van der Waals surface area contributed by atoms with Crippen LogP contribution >= 0.6 is 0 Å². The van der Waals surface area contributed by atoms with Gasteiger partial charge in [0, 0.05) is 10.4 Å². The first-order chi connectivity index (χ1) is 16.5. The molecule has 10 N–H and O–H groups in total. The number of guanidine groups is 2. The van der Waals surface area contributed by atoms with Crippen LogP contribution in [-0.4, -0.2) is 68.0 Å². The lowest BCUT2D eigenvalue weighted by atomic mass is 10.2. The second kappa shape index (κ2) is 13.1. The molecule has 0 spiro atoms. The predicted molar refractivity (Wildman–Crippen MR) is 122 cm³/mol. The van der Waals surface area contributed by atoms with Crippen LogP contribution in [0.25, 0.3) is 0 Å². The molecule has 4 rings (SSSR count). The van der Waals surface area contributed by atoms with Crippen LogP contribution in [0.4, 0.5) is 0 Å². The molecule has 2 unspecified atom stereocenters. The molecular weight excluding hydrogens is 484 g/mol. The van der Waals surface area contributed by atoms with Crippen LogP contribution in [0.15, 0.2) is 48.5 Å². The lowest BCUT2D eigenvalue weighted by molar-refractivity contribution is -0.470. The Morgan fingerprint density at radius 1 is 0.743 bits per heavy atom. The molecule has 192 valence electrons. The predicted octanol–water partition coefficient (Wildman–Crippen LogP) is -4.98. The molecule has 0 aliphatic carbocycles. The van der Waals surface area contributed by atoms with E-state index in [0.29, 0.717) is 26.3 Å². The van der Waals surface area contributed by atoms with Crippen molar-refractivity contribution in [2.75, 3.05) is 26.3 Å². The number of para-hydroxylation sites is 4. The number of ether oxygens (including phenoxy) is 4. The lowest BCUT2D eigenvalue weighted by Gasteiger charge is -2.24. The van der Waals surface area contributed by atoms with E-state index in [1.807, 2.05) is 48.5 Å². The molecular formula is C20H28N6O8S. The monoisotopic (exact) mass is 512 g/mol. The summed E-state index contributed by atoms with van der Waals surface area (Å²) in [5.41, 5.74) is 21.2. The Labute approximate surface area is 202 Å². The van der Waals surface area contributed by atoms with Crippen molar-refractivity contribution < 1.29 is 46.5 Å². The maximum atomic E-state index is 8.52. The molecule has 0 bridgehead atoms. The Morgan fingerprint density at radius 2 is 1.06 bits per heavy atom. The van der Waals surface area contributed by atoms with Crippen molar-refractivity contribution in [1.82, 2.24) is 0 Å². The fourth-order valence-electron chi connectivity index (χ4n) is 2.79. The van der Waals surface area contributed by atoms with Gasteiger partial charge >= 0.3 is 11.9 Å². The van der Waals surface area contributed by atoms with E-state index in [4.69, 9.17) is 59.4 Å². The summed E-state index contributed by atoms with van der Waals surface area (Å²) in [7, 11) is -5.17. The Kier molecular flexibility index (Phi) is 10.2. The maximum Gasteiger partial charge on any atom is 0.338 e. The molecule has 2 aromatic rings. The quantitative estimate of drug-likeness (QED) is 0.0975. The summed E-state index contributed by atoms with van der Waals surface area (Å²) in [6.07, 6.45) is -0.135. The molecule has 2 heterocycles. The van der Waals surface area contributed by atoms with E-state index < -0.39 is 10.4 Å².